The first-order chi connectivity index (χ1) is 12.6. The van der Waals surface area contributed by atoms with Crippen molar-refractivity contribution in [1.82, 2.24) is 9.97 Å². The molecule has 0 radical (unpaired) electrons. The summed E-state index contributed by atoms with van der Waals surface area (Å²) < 4.78 is 0.853. The smallest absolute Gasteiger partial charge is 0.335 e. The molecule has 0 aliphatic rings. The van der Waals surface area contributed by atoms with Gasteiger partial charge >= 0.3 is 5.97 Å². The molecule has 128 valence electrons. The van der Waals surface area contributed by atoms with Gasteiger partial charge in [-0.2, -0.15) is 0 Å². The molecule has 0 unspecified atom stereocenters. The molecule has 0 atom stereocenters. The third-order valence-corrected chi connectivity index (χ3v) is 4.99. The maximum atomic E-state index is 11.2. The summed E-state index contributed by atoms with van der Waals surface area (Å²) >= 11 is 1.48. The van der Waals surface area contributed by atoms with Gasteiger partial charge in [0.05, 0.1) is 15.8 Å². The predicted molar refractivity (Wildman–Crippen MR) is 101 cm³/mol. The Morgan fingerprint density at radius 1 is 1.04 bits per heavy atom. The van der Waals surface area contributed by atoms with Crippen LogP contribution in [0.4, 0.5) is 11.5 Å². The summed E-state index contributed by atoms with van der Waals surface area (Å²) in [5, 5.41) is 22.0. The zero-order chi connectivity index (χ0) is 18.1. The van der Waals surface area contributed by atoms with Crippen molar-refractivity contribution in [3.8, 4) is 16.2 Å². The second-order valence-corrected chi connectivity index (χ2v) is 6.66. The number of phenolic OH excluding ortho intramolecular Hbond substituents is 1. The second-order valence-electron chi connectivity index (χ2n) is 5.61. The van der Waals surface area contributed by atoms with Crippen LogP contribution in [0.3, 0.4) is 0 Å². The van der Waals surface area contributed by atoms with Gasteiger partial charge in [-0.05, 0) is 35.9 Å². The Bertz CT molecular complexity index is 1120. The van der Waals surface area contributed by atoms with Crippen molar-refractivity contribution in [3.05, 3.63) is 66.5 Å². The number of phenols is 1. The summed E-state index contributed by atoms with van der Waals surface area (Å²) in [6.45, 7) is 0. The van der Waals surface area contributed by atoms with Crippen LogP contribution >= 0.6 is 11.3 Å². The summed E-state index contributed by atoms with van der Waals surface area (Å²) in [4.78, 5) is 20.7. The molecule has 6 nitrogen and oxygen atoms in total. The number of hydrogen-bond donors (Lipinski definition) is 3. The first-order valence-electron chi connectivity index (χ1n) is 7.74. The molecule has 3 N–H and O–H groups in total. The van der Waals surface area contributed by atoms with Gasteiger partial charge in [-0.25, -0.2) is 14.8 Å². The average Bonchev–Trinajstić information content (AvgIpc) is 3.07. The molecule has 0 amide bonds. The Hall–Kier alpha value is -3.45. The summed E-state index contributed by atoms with van der Waals surface area (Å²) in [6, 6.07) is 15.5. The van der Waals surface area contributed by atoms with Gasteiger partial charge in [0.2, 0.25) is 0 Å². The lowest BCUT2D eigenvalue weighted by Gasteiger charge is -2.06. The van der Waals surface area contributed by atoms with Gasteiger partial charge in [0.15, 0.2) is 5.82 Å². The second kappa shape index (κ2) is 6.45. The fourth-order valence-corrected chi connectivity index (χ4v) is 3.66. The van der Waals surface area contributed by atoms with Crippen LogP contribution in [-0.4, -0.2) is 26.2 Å². The number of nitrogens with zero attached hydrogens (tertiary/aromatic N) is 2. The molecule has 0 saturated carbocycles. The lowest BCUT2D eigenvalue weighted by atomic mass is 10.1. The average molecular weight is 363 g/mol. The first kappa shape index (κ1) is 16.0. The molecule has 0 aliphatic heterocycles. The molecule has 0 bridgehead atoms. The van der Waals surface area contributed by atoms with Gasteiger partial charge in [-0.3, -0.25) is 0 Å². The number of carbonyl (C=O) groups is 1. The van der Waals surface area contributed by atoms with Crippen LogP contribution in [-0.2, 0) is 0 Å². The number of carboxylic acids is 1. The molecular weight excluding hydrogens is 350 g/mol. The Labute approximate surface area is 152 Å². The molecule has 2 aromatic heterocycles. The highest BCUT2D eigenvalue weighted by molar-refractivity contribution is 7.22. The quantitative estimate of drug-likeness (QED) is 0.494. The van der Waals surface area contributed by atoms with Crippen LogP contribution in [0.1, 0.15) is 10.4 Å². The number of hydrogen-bond acceptors (Lipinski definition) is 6. The van der Waals surface area contributed by atoms with E-state index in [9.17, 15) is 15.0 Å². The van der Waals surface area contributed by atoms with Crippen molar-refractivity contribution < 1.29 is 15.0 Å². The number of aromatic hydroxyl groups is 1. The zero-order valence-corrected chi connectivity index (χ0v) is 14.2. The number of aromatic nitrogens is 2. The van der Waals surface area contributed by atoms with E-state index in [1.165, 1.54) is 17.7 Å². The number of anilines is 2. The van der Waals surface area contributed by atoms with Gasteiger partial charge in [0.25, 0.3) is 0 Å². The number of aromatic carboxylic acids is 1. The fourth-order valence-electron chi connectivity index (χ4n) is 2.61. The van der Waals surface area contributed by atoms with Crippen molar-refractivity contribution in [2.45, 2.75) is 0 Å². The van der Waals surface area contributed by atoms with E-state index in [1.54, 1.807) is 36.4 Å². The highest BCUT2D eigenvalue weighted by Crippen LogP contribution is 2.36. The Morgan fingerprint density at radius 2 is 1.88 bits per heavy atom. The third kappa shape index (κ3) is 3.07. The summed E-state index contributed by atoms with van der Waals surface area (Å²) in [6.07, 6.45) is 1.47. The summed E-state index contributed by atoms with van der Waals surface area (Å²) in [7, 11) is 0. The van der Waals surface area contributed by atoms with Crippen LogP contribution in [0.15, 0.2) is 60.9 Å². The highest BCUT2D eigenvalue weighted by atomic mass is 32.1. The highest BCUT2D eigenvalue weighted by Gasteiger charge is 2.12. The van der Waals surface area contributed by atoms with Crippen molar-refractivity contribution in [2.24, 2.45) is 0 Å². The predicted octanol–water partition coefficient (Wildman–Crippen LogP) is 4.51. The molecule has 0 aliphatic carbocycles. The fraction of sp³-hybridized carbons (Fsp3) is 0. The van der Waals surface area contributed by atoms with Crippen LogP contribution in [0.5, 0.6) is 5.75 Å². The van der Waals surface area contributed by atoms with Crippen LogP contribution in [0.25, 0.3) is 20.7 Å². The molecule has 4 aromatic rings. The Morgan fingerprint density at radius 3 is 2.69 bits per heavy atom. The minimum absolute atomic E-state index is 0.164. The minimum atomic E-state index is -0.959. The van der Waals surface area contributed by atoms with E-state index in [4.69, 9.17) is 0 Å². The summed E-state index contributed by atoms with van der Waals surface area (Å²) in [5.41, 5.74) is 2.54. The van der Waals surface area contributed by atoms with E-state index < -0.39 is 5.97 Å². The first-order valence-corrected chi connectivity index (χ1v) is 8.56. The molecular formula is C19H13N3O3S. The zero-order valence-electron chi connectivity index (χ0n) is 13.4. The lowest BCUT2D eigenvalue weighted by Crippen LogP contribution is -1.95. The van der Waals surface area contributed by atoms with Crippen molar-refractivity contribution in [3.63, 3.8) is 0 Å². The van der Waals surface area contributed by atoms with E-state index in [1.807, 2.05) is 18.2 Å². The van der Waals surface area contributed by atoms with Crippen LogP contribution in [0.2, 0.25) is 0 Å². The monoisotopic (exact) mass is 363 g/mol. The lowest BCUT2D eigenvalue weighted by molar-refractivity contribution is 0.0697. The molecule has 0 spiro atoms. The van der Waals surface area contributed by atoms with Crippen molar-refractivity contribution in [2.75, 3.05) is 5.32 Å². The number of benzene rings is 2. The molecule has 0 fully saturated rings. The minimum Gasteiger partial charge on any atom is -0.508 e. The Balaban J connectivity index is 1.76. The largest absolute Gasteiger partial charge is 0.508 e. The van der Waals surface area contributed by atoms with Gasteiger partial charge < -0.3 is 15.5 Å². The van der Waals surface area contributed by atoms with Gasteiger partial charge in [0.1, 0.15) is 12.1 Å². The molecule has 26 heavy (non-hydrogen) atoms. The normalized spacial score (nSPS) is 10.8. The van der Waals surface area contributed by atoms with E-state index >= 15 is 0 Å². The standard InChI is InChI=1S/C19H13N3O3S/c23-14-6-2-5-13(8-14)22-18-17-15(20-10-21-18)9-16(26-17)11-3-1-4-12(7-11)19(24)25/h1-10,23H,(H,24,25)(H,20,21,22). The number of rotatable bonds is 4. The van der Waals surface area contributed by atoms with Crippen molar-refractivity contribution >= 4 is 39.0 Å². The van der Waals surface area contributed by atoms with Crippen LogP contribution in [0, 0.1) is 0 Å². The topological polar surface area (TPSA) is 95.3 Å². The number of thiophene rings is 1. The molecule has 4 rings (SSSR count). The molecule has 2 aromatic carbocycles. The molecule has 7 heteroatoms. The van der Waals surface area contributed by atoms with E-state index in [0.717, 1.165) is 20.7 Å². The maximum Gasteiger partial charge on any atom is 0.335 e. The van der Waals surface area contributed by atoms with Gasteiger partial charge in [0, 0.05) is 16.6 Å². The third-order valence-electron chi connectivity index (χ3n) is 3.81. The molecule has 0 saturated heterocycles. The number of carboxylic acid groups (broad SMARTS) is 1. The van der Waals surface area contributed by atoms with E-state index in [2.05, 4.69) is 15.3 Å². The van der Waals surface area contributed by atoms with Crippen LogP contribution < -0.4 is 5.32 Å². The number of fused-ring (bicyclic) bond motifs is 1. The SMILES string of the molecule is O=C(O)c1cccc(-c2cc3ncnc(Nc4cccc(O)c4)c3s2)c1. The van der Waals surface area contributed by atoms with E-state index in [0.29, 0.717) is 11.5 Å². The van der Waals surface area contributed by atoms with Gasteiger partial charge in [-0.15, -0.1) is 11.3 Å². The number of nitrogens with one attached hydrogen (secondary N) is 1. The van der Waals surface area contributed by atoms with Crippen molar-refractivity contribution in [1.29, 1.82) is 0 Å². The van der Waals surface area contributed by atoms with E-state index in [-0.39, 0.29) is 11.3 Å². The Kier molecular flexibility index (Phi) is 3.98. The molecule has 2 heterocycles. The van der Waals surface area contributed by atoms with Gasteiger partial charge in [-0.1, -0.05) is 18.2 Å². The summed E-state index contributed by atoms with van der Waals surface area (Å²) in [5.74, 6) is -0.164. The maximum absolute atomic E-state index is 11.2.